The lowest BCUT2D eigenvalue weighted by Gasteiger charge is -2.27. The van der Waals surface area contributed by atoms with E-state index >= 15 is 0 Å². The largest absolute Gasteiger partial charge is 0.396 e. The summed E-state index contributed by atoms with van der Waals surface area (Å²) in [5.74, 6) is 0.391. The van der Waals surface area contributed by atoms with Crippen LogP contribution >= 0.6 is 0 Å². The highest BCUT2D eigenvalue weighted by atomic mass is 16.3. The van der Waals surface area contributed by atoms with Gasteiger partial charge in [0.25, 0.3) is 0 Å². The summed E-state index contributed by atoms with van der Waals surface area (Å²) < 4.78 is 1.80. The van der Waals surface area contributed by atoms with E-state index in [4.69, 9.17) is 5.11 Å². The van der Waals surface area contributed by atoms with E-state index in [1.54, 1.807) is 10.9 Å². The third-order valence-electron chi connectivity index (χ3n) is 4.52. The summed E-state index contributed by atoms with van der Waals surface area (Å²) in [7, 11) is 0. The number of amides is 2. The van der Waals surface area contributed by atoms with Crippen LogP contribution in [0.15, 0.2) is 42.7 Å². The van der Waals surface area contributed by atoms with Crippen LogP contribution in [0.1, 0.15) is 31.2 Å². The molecule has 1 aliphatic carbocycles. The SMILES string of the molecule is O=C(Nc1cnn(Cc2ccccc2)c1)NC1CCC(CO)CC1. The summed E-state index contributed by atoms with van der Waals surface area (Å²) in [6.45, 7) is 0.925. The molecule has 3 rings (SSSR count). The lowest BCUT2D eigenvalue weighted by atomic mass is 9.87. The molecule has 6 nitrogen and oxygen atoms in total. The topological polar surface area (TPSA) is 79.2 Å². The number of benzene rings is 1. The van der Waals surface area contributed by atoms with Gasteiger partial charge in [0.05, 0.1) is 18.4 Å². The Balaban J connectivity index is 1.47. The van der Waals surface area contributed by atoms with Crippen LogP contribution < -0.4 is 10.6 Å². The van der Waals surface area contributed by atoms with Crippen LogP contribution in [0.4, 0.5) is 10.5 Å². The van der Waals surface area contributed by atoms with E-state index in [1.807, 2.05) is 36.5 Å². The average Bonchev–Trinajstić information content (AvgIpc) is 3.03. The second kappa shape index (κ2) is 7.97. The Bertz CT molecular complexity index is 648. The number of rotatable bonds is 5. The van der Waals surface area contributed by atoms with Crippen molar-refractivity contribution in [1.82, 2.24) is 15.1 Å². The van der Waals surface area contributed by atoms with E-state index in [0.29, 0.717) is 18.2 Å². The van der Waals surface area contributed by atoms with Crippen LogP contribution in [-0.2, 0) is 6.54 Å². The molecule has 1 saturated carbocycles. The van der Waals surface area contributed by atoms with Crippen molar-refractivity contribution in [1.29, 1.82) is 0 Å². The average molecular weight is 328 g/mol. The quantitative estimate of drug-likeness (QED) is 0.789. The van der Waals surface area contributed by atoms with Crippen molar-refractivity contribution < 1.29 is 9.90 Å². The number of aliphatic hydroxyl groups is 1. The summed E-state index contributed by atoms with van der Waals surface area (Å²) in [6.07, 6.45) is 7.27. The standard InChI is InChI=1S/C18H24N4O2/c23-13-15-6-8-16(9-7-15)20-18(24)21-17-10-19-22(12-17)11-14-4-2-1-3-5-14/h1-5,10,12,15-16,23H,6-9,11,13H2,(H2,20,21,24). The molecule has 1 aliphatic rings. The zero-order valence-corrected chi connectivity index (χ0v) is 13.7. The maximum absolute atomic E-state index is 12.1. The molecular weight excluding hydrogens is 304 g/mol. The fourth-order valence-corrected chi connectivity index (χ4v) is 3.13. The molecule has 0 radical (unpaired) electrons. The number of aromatic nitrogens is 2. The Morgan fingerprint density at radius 2 is 1.96 bits per heavy atom. The van der Waals surface area contributed by atoms with E-state index in [9.17, 15) is 4.79 Å². The Morgan fingerprint density at radius 3 is 2.67 bits per heavy atom. The molecule has 1 aromatic heterocycles. The van der Waals surface area contributed by atoms with Crippen LogP contribution in [0.3, 0.4) is 0 Å². The number of urea groups is 1. The molecule has 1 fully saturated rings. The lowest BCUT2D eigenvalue weighted by Crippen LogP contribution is -2.40. The summed E-state index contributed by atoms with van der Waals surface area (Å²) in [4.78, 5) is 12.1. The van der Waals surface area contributed by atoms with Gasteiger partial charge < -0.3 is 15.7 Å². The van der Waals surface area contributed by atoms with Crippen molar-refractivity contribution in [3.63, 3.8) is 0 Å². The zero-order chi connectivity index (χ0) is 16.8. The summed E-state index contributed by atoms with van der Waals surface area (Å²) in [5.41, 5.74) is 1.85. The molecule has 0 atom stereocenters. The number of carbonyl (C=O) groups is 1. The Kier molecular flexibility index (Phi) is 5.48. The fourth-order valence-electron chi connectivity index (χ4n) is 3.13. The highest BCUT2D eigenvalue weighted by Crippen LogP contribution is 2.23. The van der Waals surface area contributed by atoms with Gasteiger partial charge in [0.2, 0.25) is 0 Å². The summed E-state index contributed by atoms with van der Waals surface area (Å²) in [5, 5.41) is 19.3. The number of hydrogen-bond acceptors (Lipinski definition) is 3. The predicted octanol–water partition coefficient (Wildman–Crippen LogP) is 2.60. The third kappa shape index (κ3) is 4.58. The van der Waals surface area contributed by atoms with Crippen LogP contribution in [0.25, 0.3) is 0 Å². The molecule has 0 unspecified atom stereocenters. The number of nitrogens with zero attached hydrogens (tertiary/aromatic N) is 2. The van der Waals surface area contributed by atoms with Gasteiger partial charge in [0.1, 0.15) is 0 Å². The van der Waals surface area contributed by atoms with Gasteiger partial charge >= 0.3 is 6.03 Å². The Hall–Kier alpha value is -2.34. The second-order valence-electron chi connectivity index (χ2n) is 6.41. The van der Waals surface area contributed by atoms with Crippen molar-refractivity contribution in [2.24, 2.45) is 5.92 Å². The minimum atomic E-state index is -0.193. The smallest absolute Gasteiger partial charge is 0.319 e. The van der Waals surface area contributed by atoms with Crippen molar-refractivity contribution in [2.45, 2.75) is 38.3 Å². The number of hydrogen-bond donors (Lipinski definition) is 3. The Morgan fingerprint density at radius 1 is 1.21 bits per heavy atom. The van der Waals surface area contributed by atoms with Crippen molar-refractivity contribution in [2.75, 3.05) is 11.9 Å². The molecule has 2 amide bonds. The number of aliphatic hydroxyl groups excluding tert-OH is 1. The van der Waals surface area contributed by atoms with Crippen LogP contribution in [0, 0.1) is 5.92 Å². The monoisotopic (exact) mass is 328 g/mol. The van der Waals surface area contributed by atoms with Crippen LogP contribution in [-0.4, -0.2) is 33.6 Å². The summed E-state index contributed by atoms with van der Waals surface area (Å²) >= 11 is 0. The maximum Gasteiger partial charge on any atom is 0.319 e. The van der Waals surface area contributed by atoms with Gasteiger partial charge in [-0.15, -0.1) is 0 Å². The van der Waals surface area contributed by atoms with Gasteiger partial charge in [-0.1, -0.05) is 30.3 Å². The fraction of sp³-hybridized carbons (Fsp3) is 0.444. The first kappa shape index (κ1) is 16.5. The van der Waals surface area contributed by atoms with E-state index in [-0.39, 0.29) is 18.7 Å². The summed E-state index contributed by atoms with van der Waals surface area (Å²) in [6, 6.07) is 10.1. The molecule has 24 heavy (non-hydrogen) atoms. The van der Waals surface area contributed by atoms with Gasteiger partial charge in [-0.3, -0.25) is 4.68 Å². The predicted molar refractivity (Wildman–Crippen MR) is 92.8 cm³/mol. The highest BCUT2D eigenvalue weighted by molar-refractivity contribution is 5.89. The van der Waals surface area contributed by atoms with Gasteiger partial charge in [0.15, 0.2) is 0 Å². The van der Waals surface area contributed by atoms with Crippen molar-refractivity contribution in [3.8, 4) is 0 Å². The third-order valence-corrected chi connectivity index (χ3v) is 4.52. The van der Waals surface area contributed by atoms with Gasteiger partial charge in [-0.2, -0.15) is 5.10 Å². The molecule has 128 valence electrons. The molecule has 1 aromatic carbocycles. The molecule has 0 aliphatic heterocycles. The molecule has 6 heteroatoms. The molecular formula is C18H24N4O2. The molecule has 0 saturated heterocycles. The van der Waals surface area contributed by atoms with E-state index in [0.717, 1.165) is 31.2 Å². The number of nitrogens with one attached hydrogen (secondary N) is 2. The van der Waals surface area contributed by atoms with E-state index < -0.39 is 0 Å². The first-order valence-electron chi connectivity index (χ1n) is 8.47. The molecule has 1 heterocycles. The van der Waals surface area contributed by atoms with E-state index in [1.165, 1.54) is 0 Å². The maximum atomic E-state index is 12.1. The lowest BCUT2D eigenvalue weighted by molar-refractivity contribution is 0.176. The Labute approximate surface area is 141 Å². The first-order valence-corrected chi connectivity index (χ1v) is 8.47. The van der Waals surface area contributed by atoms with Crippen molar-refractivity contribution >= 4 is 11.7 Å². The molecule has 0 bridgehead atoms. The van der Waals surface area contributed by atoms with Gasteiger partial charge in [-0.25, -0.2) is 4.79 Å². The second-order valence-corrected chi connectivity index (χ2v) is 6.41. The minimum absolute atomic E-state index is 0.187. The minimum Gasteiger partial charge on any atom is -0.396 e. The van der Waals surface area contributed by atoms with Gasteiger partial charge in [0, 0.05) is 18.8 Å². The molecule has 2 aromatic rings. The number of carbonyl (C=O) groups excluding carboxylic acids is 1. The first-order chi connectivity index (χ1) is 11.7. The highest BCUT2D eigenvalue weighted by Gasteiger charge is 2.21. The molecule has 0 spiro atoms. The van der Waals surface area contributed by atoms with Crippen molar-refractivity contribution in [3.05, 3.63) is 48.3 Å². The normalized spacial score (nSPS) is 20.5. The van der Waals surface area contributed by atoms with E-state index in [2.05, 4.69) is 15.7 Å². The van der Waals surface area contributed by atoms with Crippen LogP contribution in [0.2, 0.25) is 0 Å². The molecule has 3 N–H and O–H groups in total. The van der Waals surface area contributed by atoms with Crippen LogP contribution in [0.5, 0.6) is 0 Å². The van der Waals surface area contributed by atoms with Gasteiger partial charge in [-0.05, 0) is 37.2 Å². The number of anilines is 1. The zero-order valence-electron chi connectivity index (χ0n) is 13.7.